The zero-order chi connectivity index (χ0) is 27.8. The predicted octanol–water partition coefficient (Wildman–Crippen LogP) is 4.18. The van der Waals surface area contributed by atoms with E-state index < -0.39 is 29.7 Å². The number of aromatic nitrogens is 1. The van der Waals surface area contributed by atoms with Crippen LogP contribution in [-0.2, 0) is 24.6 Å². The SMILES string of the molecule is CCOC(CN1C(=O)C(CC(=O)Nc2ccncc2)(NC(=O)Nc2ccc(C)cc2)c2ccccc21)OCC. The van der Waals surface area contributed by atoms with Gasteiger partial charge in [-0.3, -0.25) is 14.6 Å². The van der Waals surface area contributed by atoms with E-state index in [1.165, 1.54) is 4.90 Å². The van der Waals surface area contributed by atoms with E-state index >= 15 is 0 Å². The molecule has 3 N–H and O–H groups in total. The molecule has 1 aromatic heterocycles. The lowest BCUT2D eigenvalue weighted by molar-refractivity contribution is -0.138. The monoisotopic (exact) mass is 531 g/mol. The fourth-order valence-corrected chi connectivity index (χ4v) is 4.59. The number of nitrogens with zero attached hydrogens (tertiary/aromatic N) is 2. The molecule has 4 amide bonds. The number of fused-ring (bicyclic) bond motifs is 1. The van der Waals surface area contributed by atoms with Gasteiger partial charge in [-0.1, -0.05) is 35.9 Å². The minimum absolute atomic E-state index is 0.0898. The molecule has 0 saturated carbocycles. The maximum Gasteiger partial charge on any atom is 0.320 e. The van der Waals surface area contributed by atoms with E-state index in [1.807, 2.05) is 32.9 Å². The molecule has 1 atom stereocenters. The molecule has 2 heterocycles. The number of pyridine rings is 1. The zero-order valence-corrected chi connectivity index (χ0v) is 22.3. The largest absolute Gasteiger partial charge is 0.351 e. The molecule has 0 aliphatic carbocycles. The van der Waals surface area contributed by atoms with Crippen LogP contribution in [0.2, 0.25) is 0 Å². The third kappa shape index (κ3) is 6.42. The van der Waals surface area contributed by atoms with Gasteiger partial charge in [-0.2, -0.15) is 0 Å². The number of carbonyl (C=O) groups excluding carboxylic acids is 3. The summed E-state index contributed by atoms with van der Waals surface area (Å²) in [5, 5.41) is 8.43. The molecule has 0 radical (unpaired) electrons. The van der Waals surface area contributed by atoms with Gasteiger partial charge in [0, 0.05) is 42.5 Å². The Morgan fingerprint density at radius 1 is 0.923 bits per heavy atom. The summed E-state index contributed by atoms with van der Waals surface area (Å²) in [5.41, 5.74) is 1.52. The molecule has 10 heteroatoms. The van der Waals surface area contributed by atoms with Crippen molar-refractivity contribution in [3.05, 3.63) is 84.2 Å². The standard InChI is InChI=1S/C29H33N5O5/c1-4-38-26(39-5-2)19-34-24-9-7-6-8-23(24)29(27(34)36,18-25(35)31-22-14-16-30-17-15-22)33-28(37)32-21-12-10-20(3)11-13-21/h6-17,26H,4-5,18-19H2,1-3H3,(H,30,31,35)(H2,32,33,37). The van der Waals surface area contributed by atoms with Gasteiger partial charge < -0.3 is 30.3 Å². The van der Waals surface area contributed by atoms with Gasteiger partial charge in [0.2, 0.25) is 5.91 Å². The third-order valence-electron chi connectivity index (χ3n) is 6.33. The van der Waals surface area contributed by atoms with Crippen molar-refractivity contribution in [2.24, 2.45) is 0 Å². The van der Waals surface area contributed by atoms with Gasteiger partial charge in [-0.25, -0.2) is 4.79 Å². The Morgan fingerprint density at radius 3 is 2.23 bits per heavy atom. The van der Waals surface area contributed by atoms with Crippen molar-refractivity contribution in [2.45, 2.75) is 39.0 Å². The van der Waals surface area contributed by atoms with Crippen LogP contribution >= 0.6 is 0 Å². The van der Waals surface area contributed by atoms with Crippen LogP contribution in [0, 0.1) is 6.92 Å². The first-order valence-electron chi connectivity index (χ1n) is 12.9. The second kappa shape index (κ2) is 12.5. The van der Waals surface area contributed by atoms with E-state index in [-0.39, 0.29) is 13.0 Å². The van der Waals surface area contributed by atoms with E-state index in [1.54, 1.807) is 60.9 Å². The first-order valence-corrected chi connectivity index (χ1v) is 12.9. The van der Waals surface area contributed by atoms with E-state index in [0.717, 1.165) is 5.56 Å². The average molecular weight is 532 g/mol. The number of ether oxygens (including phenoxy) is 2. The first-order chi connectivity index (χ1) is 18.9. The summed E-state index contributed by atoms with van der Waals surface area (Å²) in [6, 6.07) is 17.0. The van der Waals surface area contributed by atoms with Crippen LogP contribution in [0.25, 0.3) is 0 Å². The van der Waals surface area contributed by atoms with Gasteiger partial charge in [0.15, 0.2) is 11.8 Å². The van der Waals surface area contributed by atoms with Crippen LogP contribution < -0.4 is 20.9 Å². The maximum absolute atomic E-state index is 14.2. The summed E-state index contributed by atoms with van der Waals surface area (Å²) in [6.45, 7) is 6.51. The lowest BCUT2D eigenvalue weighted by Crippen LogP contribution is -2.56. The second-order valence-corrected chi connectivity index (χ2v) is 9.08. The summed E-state index contributed by atoms with van der Waals surface area (Å²) in [7, 11) is 0. The highest BCUT2D eigenvalue weighted by molar-refractivity contribution is 6.12. The van der Waals surface area contributed by atoms with Gasteiger partial charge in [0.1, 0.15) is 0 Å². The van der Waals surface area contributed by atoms with Crippen LogP contribution in [0.5, 0.6) is 0 Å². The second-order valence-electron chi connectivity index (χ2n) is 9.08. The molecule has 2 aromatic carbocycles. The van der Waals surface area contributed by atoms with E-state index in [0.29, 0.717) is 35.8 Å². The fourth-order valence-electron chi connectivity index (χ4n) is 4.59. The Balaban J connectivity index is 1.69. The number of rotatable bonds is 11. The Kier molecular flexibility index (Phi) is 8.90. The van der Waals surface area contributed by atoms with Crippen LogP contribution in [-0.4, -0.2) is 48.9 Å². The molecule has 4 rings (SSSR count). The number of aryl methyl sites for hydroxylation is 1. The van der Waals surface area contributed by atoms with Gasteiger partial charge >= 0.3 is 6.03 Å². The lowest BCUT2D eigenvalue weighted by Gasteiger charge is -2.30. The molecule has 3 aromatic rings. The molecule has 10 nitrogen and oxygen atoms in total. The van der Waals surface area contributed by atoms with Gasteiger partial charge in [0.25, 0.3) is 5.91 Å². The first kappa shape index (κ1) is 27.7. The van der Waals surface area contributed by atoms with Crippen LogP contribution in [0.1, 0.15) is 31.4 Å². The summed E-state index contributed by atoms with van der Waals surface area (Å²) in [5.74, 6) is -0.912. The van der Waals surface area contributed by atoms with E-state index in [2.05, 4.69) is 20.9 Å². The Hall–Kier alpha value is -4.28. The molecule has 0 saturated heterocycles. The molecule has 204 valence electrons. The lowest BCUT2D eigenvalue weighted by atomic mass is 9.87. The molecular weight excluding hydrogens is 498 g/mol. The molecule has 1 unspecified atom stereocenters. The summed E-state index contributed by atoms with van der Waals surface area (Å²) in [6.07, 6.45) is 2.09. The van der Waals surface area contributed by atoms with Crippen LogP contribution in [0.15, 0.2) is 73.1 Å². The van der Waals surface area contributed by atoms with Crippen LogP contribution in [0.3, 0.4) is 0 Å². The number of carbonyl (C=O) groups is 3. The van der Waals surface area contributed by atoms with Gasteiger partial charge in [-0.15, -0.1) is 0 Å². The minimum atomic E-state index is -1.68. The molecule has 0 fully saturated rings. The summed E-state index contributed by atoms with van der Waals surface area (Å²) >= 11 is 0. The topological polar surface area (TPSA) is 122 Å². The Morgan fingerprint density at radius 2 is 1.56 bits per heavy atom. The molecular formula is C29H33N5O5. The number of anilines is 3. The Labute approximate surface area is 227 Å². The van der Waals surface area contributed by atoms with Crippen molar-refractivity contribution >= 4 is 34.9 Å². The normalized spacial score (nSPS) is 16.2. The summed E-state index contributed by atoms with van der Waals surface area (Å²) < 4.78 is 11.4. The maximum atomic E-state index is 14.2. The average Bonchev–Trinajstić information content (AvgIpc) is 3.13. The van der Waals surface area contributed by atoms with Crippen molar-refractivity contribution in [3.8, 4) is 0 Å². The number of hydrogen-bond acceptors (Lipinski definition) is 6. The minimum Gasteiger partial charge on any atom is -0.351 e. The molecule has 39 heavy (non-hydrogen) atoms. The highest BCUT2D eigenvalue weighted by Gasteiger charge is 2.53. The molecule has 0 spiro atoms. The smallest absolute Gasteiger partial charge is 0.320 e. The van der Waals surface area contributed by atoms with E-state index in [4.69, 9.17) is 9.47 Å². The van der Waals surface area contributed by atoms with E-state index in [9.17, 15) is 14.4 Å². The fraction of sp³-hybridized carbons (Fsp3) is 0.310. The van der Waals surface area contributed by atoms with Crippen molar-refractivity contribution in [2.75, 3.05) is 35.3 Å². The number of amides is 4. The highest BCUT2D eigenvalue weighted by Crippen LogP contribution is 2.43. The molecule has 1 aliphatic heterocycles. The number of urea groups is 1. The summed E-state index contributed by atoms with van der Waals surface area (Å²) in [4.78, 5) is 46.3. The van der Waals surface area contributed by atoms with Gasteiger partial charge in [0.05, 0.1) is 18.7 Å². The van der Waals surface area contributed by atoms with Crippen molar-refractivity contribution in [3.63, 3.8) is 0 Å². The van der Waals surface area contributed by atoms with Gasteiger partial charge in [-0.05, 0) is 51.1 Å². The number of nitrogens with one attached hydrogen (secondary N) is 3. The predicted molar refractivity (Wildman–Crippen MR) is 148 cm³/mol. The van der Waals surface area contributed by atoms with Crippen molar-refractivity contribution in [1.29, 1.82) is 0 Å². The molecule has 1 aliphatic rings. The number of hydrogen-bond donors (Lipinski definition) is 3. The quantitative estimate of drug-likeness (QED) is 0.319. The third-order valence-corrected chi connectivity index (χ3v) is 6.33. The number of para-hydroxylation sites is 1. The highest BCUT2D eigenvalue weighted by atomic mass is 16.7. The van der Waals surface area contributed by atoms with Crippen molar-refractivity contribution < 1.29 is 23.9 Å². The number of benzene rings is 2. The Bertz CT molecular complexity index is 1290. The molecule has 0 bridgehead atoms. The zero-order valence-electron chi connectivity index (χ0n) is 22.3. The van der Waals surface area contributed by atoms with Crippen LogP contribution in [0.4, 0.5) is 21.9 Å². The van der Waals surface area contributed by atoms with Crippen molar-refractivity contribution in [1.82, 2.24) is 10.3 Å².